The van der Waals surface area contributed by atoms with Crippen LogP contribution in [0.25, 0.3) is 11.0 Å². The maximum Gasteiger partial charge on any atom is 0.344 e. The van der Waals surface area contributed by atoms with E-state index in [1.54, 1.807) is 42.5 Å². The van der Waals surface area contributed by atoms with Crippen LogP contribution in [0.4, 0.5) is 0 Å². The van der Waals surface area contributed by atoms with E-state index in [4.69, 9.17) is 25.5 Å². The number of ether oxygens (including phenoxy) is 2. The lowest BCUT2D eigenvalue weighted by molar-refractivity contribution is 0.335. The van der Waals surface area contributed by atoms with Crippen molar-refractivity contribution in [3.8, 4) is 11.8 Å². The standard InChI is InChI=1S/C22H15ClN2O4/c1-2-27-12-25-21-16(11-24)18(13-7-9-14(23)10-8-13)19-20(29-21)15-5-3-4-6-17(15)28-22(19)26/h3-10,12,18H,2H2,1H3/b25-12+. The number of para-hydroxylation sites is 1. The number of nitrogens with zero attached hydrogens (tertiary/aromatic N) is 2. The zero-order chi connectivity index (χ0) is 20.4. The summed E-state index contributed by atoms with van der Waals surface area (Å²) in [6.45, 7) is 2.24. The molecular formula is C22H15ClN2O4. The molecule has 1 unspecified atom stereocenters. The molecule has 1 aliphatic heterocycles. The molecule has 0 saturated heterocycles. The Kier molecular flexibility index (Phi) is 5.07. The quantitative estimate of drug-likeness (QED) is 0.354. The average Bonchev–Trinajstić information content (AvgIpc) is 2.73. The van der Waals surface area contributed by atoms with Crippen molar-refractivity contribution in [2.45, 2.75) is 12.8 Å². The van der Waals surface area contributed by atoms with E-state index in [-0.39, 0.29) is 17.0 Å². The van der Waals surface area contributed by atoms with Crippen molar-refractivity contribution >= 4 is 29.0 Å². The monoisotopic (exact) mass is 406 g/mol. The first-order valence-electron chi connectivity index (χ1n) is 8.91. The van der Waals surface area contributed by atoms with Crippen LogP contribution in [0.1, 0.15) is 24.0 Å². The normalized spacial score (nSPS) is 15.8. The Morgan fingerprint density at radius 3 is 2.72 bits per heavy atom. The molecule has 29 heavy (non-hydrogen) atoms. The Morgan fingerprint density at radius 1 is 1.24 bits per heavy atom. The van der Waals surface area contributed by atoms with Gasteiger partial charge in [0.15, 0.2) is 12.2 Å². The van der Waals surface area contributed by atoms with E-state index in [0.29, 0.717) is 33.9 Å². The Labute approximate surface area is 171 Å². The van der Waals surface area contributed by atoms with Crippen molar-refractivity contribution in [1.82, 2.24) is 0 Å². The van der Waals surface area contributed by atoms with Gasteiger partial charge in [-0.25, -0.2) is 4.79 Å². The number of allylic oxidation sites excluding steroid dienone is 1. The number of rotatable bonds is 4. The third-order valence-electron chi connectivity index (χ3n) is 4.54. The van der Waals surface area contributed by atoms with E-state index in [0.717, 1.165) is 0 Å². The van der Waals surface area contributed by atoms with Gasteiger partial charge in [0.05, 0.1) is 23.5 Å². The second-order valence-electron chi connectivity index (χ2n) is 6.24. The fourth-order valence-corrected chi connectivity index (χ4v) is 3.40. The lowest BCUT2D eigenvalue weighted by Crippen LogP contribution is -2.23. The fourth-order valence-electron chi connectivity index (χ4n) is 3.27. The molecule has 0 N–H and O–H groups in total. The molecule has 0 aliphatic carbocycles. The van der Waals surface area contributed by atoms with Crippen LogP contribution < -0.4 is 10.4 Å². The molecular weight excluding hydrogens is 392 g/mol. The topological polar surface area (TPSA) is 84.8 Å². The summed E-state index contributed by atoms with van der Waals surface area (Å²) in [5.74, 6) is -0.320. The number of hydrogen-bond donors (Lipinski definition) is 0. The SMILES string of the molecule is CCO/C=N/C1=C(C#N)C(c2ccc(Cl)cc2)c2c(c3ccccc3oc2=O)O1. The van der Waals surface area contributed by atoms with Gasteiger partial charge in [0.25, 0.3) is 0 Å². The van der Waals surface area contributed by atoms with Crippen molar-refractivity contribution < 1.29 is 13.9 Å². The maximum absolute atomic E-state index is 12.9. The molecule has 0 fully saturated rings. The van der Waals surface area contributed by atoms with Crippen molar-refractivity contribution in [1.29, 1.82) is 5.26 Å². The van der Waals surface area contributed by atoms with Crippen LogP contribution >= 0.6 is 11.6 Å². The summed E-state index contributed by atoms with van der Waals surface area (Å²) < 4.78 is 16.6. The first kappa shape index (κ1) is 18.8. The molecule has 0 saturated carbocycles. The lowest BCUT2D eigenvalue weighted by atomic mass is 9.84. The Hall–Kier alpha value is -3.56. The van der Waals surface area contributed by atoms with Crippen LogP contribution in [0.15, 0.2) is 74.2 Å². The molecule has 4 rings (SSSR count). The third kappa shape index (κ3) is 3.37. The highest BCUT2D eigenvalue weighted by Crippen LogP contribution is 2.44. The predicted octanol–water partition coefficient (Wildman–Crippen LogP) is 4.77. The Morgan fingerprint density at radius 2 is 2.00 bits per heavy atom. The van der Waals surface area contributed by atoms with E-state index < -0.39 is 11.5 Å². The summed E-state index contributed by atoms with van der Waals surface area (Å²) in [5, 5.41) is 11.0. The van der Waals surface area contributed by atoms with Gasteiger partial charge < -0.3 is 13.9 Å². The van der Waals surface area contributed by atoms with Gasteiger partial charge in [-0.05, 0) is 36.8 Å². The van der Waals surface area contributed by atoms with Crippen molar-refractivity contribution in [3.05, 3.63) is 86.6 Å². The van der Waals surface area contributed by atoms with E-state index >= 15 is 0 Å². The summed E-state index contributed by atoms with van der Waals surface area (Å²) in [4.78, 5) is 17.1. The van der Waals surface area contributed by atoms with Crippen LogP contribution in [0.2, 0.25) is 5.02 Å². The fraction of sp³-hybridized carbons (Fsp3) is 0.136. The molecule has 2 aromatic carbocycles. The largest absolute Gasteiger partial charge is 0.483 e. The minimum Gasteiger partial charge on any atom is -0.483 e. The molecule has 3 aromatic rings. The minimum atomic E-state index is -0.712. The molecule has 6 nitrogen and oxygen atoms in total. The lowest BCUT2D eigenvalue weighted by Gasteiger charge is -2.25. The van der Waals surface area contributed by atoms with E-state index in [2.05, 4.69) is 11.1 Å². The van der Waals surface area contributed by atoms with Gasteiger partial charge in [-0.1, -0.05) is 35.9 Å². The van der Waals surface area contributed by atoms with E-state index in [1.807, 2.05) is 13.0 Å². The summed E-state index contributed by atoms with van der Waals surface area (Å²) in [6.07, 6.45) is 1.23. The summed E-state index contributed by atoms with van der Waals surface area (Å²) in [5.41, 5.74) is 0.942. The number of halogens is 1. The molecule has 1 aromatic heterocycles. The first-order valence-corrected chi connectivity index (χ1v) is 9.29. The highest BCUT2D eigenvalue weighted by atomic mass is 35.5. The van der Waals surface area contributed by atoms with Gasteiger partial charge in [-0.2, -0.15) is 10.3 Å². The van der Waals surface area contributed by atoms with Gasteiger partial charge >= 0.3 is 5.63 Å². The molecule has 0 radical (unpaired) electrons. The predicted molar refractivity (Wildman–Crippen MR) is 109 cm³/mol. The van der Waals surface area contributed by atoms with Crippen molar-refractivity contribution in [3.63, 3.8) is 0 Å². The zero-order valence-corrected chi connectivity index (χ0v) is 16.1. The second-order valence-corrected chi connectivity index (χ2v) is 6.67. The van der Waals surface area contributed by atoms with Crippen LogP contribution in [-0.4, -0.2) is 13.0 Å². The number of hydrogen-bond acceptors (Lipinski definition) is 6. The first-order chi connectivity index (χ1) is 14.1. The van der Waals surface area contributed by atoms with Crippen LogP contribution in [0.5, 0.6) is 5.75 Å². The summed E-state index contributed by atoms with van der Waals surface area (Å²) >= 11 is 6.02. The number of benzene rings is 2. The van der Waals surface area contributed by atoms with Crippen LogP contribution in [0.3, 0.4) is 0 Å². The van der Waals surface area contributed by atoms with Crippen molar-refractivity contribution in [2.24, 2.45) is 4.99 Å². The van der Waals surface area contributed by atoms with Crippen LogP contribution in [0, 0.1) is 11.3 Å². The molecule has 2 heterocycles. The number of nitriles is 1. The highest BCUT2D eigenvalue weighted by Gasteiger charge is 2.36. The molecule has 1 atom stereocenters. The molecule has 0 bridgehead atoms. The van der Waals surface area contributed by atoms with Crippen LogP contribution in [-0.2, 0) is 4.74 Å². The summed E-state index contributed by atoms with van der Waals surface area (Å²) in [6, 6.07) is 16.1. The minimum absolute atomic E-state index is 0.0733. The van der Waals surface area contributed by atoms with Gasteiger partial charge in [0.2, 0.25) is 5.88 Å². The molecule has 144 valence electrons. The maximum atomic E-state index is 12.9. The van der Waals surface area contributed by atoms with E-state index in [1.165, 1.54) is 6.40 Å². The Balaban J connectivity index is 2.02. The van der Waals surface area contributed by atoms with Crippen molar-refractivity contribution in [2.75, 3.05) is 6.61 Å². The number of fused-ring (bicyclic) bond motifs is 3. The average molecular weight is 407 g/mol. The van der Waals surface area contributed by atoms with Gasteiger partial charge in [0, 0.05) is 5.02 Å². The van der Waals surface area contributed by atoms with Gasteiger partial charge in [-0.3, -0.25) is 0 Å². The highest BCUT2D eigenvalue weighted by molar-refractivity contribution is 6.30. The molecule has 1 aliphatic rings. The zero-order valence-electron chi connectivity index (χ0n) is 15.4. The number of aliphatic imine (C=N–C) groups is 1. The van der Waals surface area contributed by atoms with Gasteiger partial charge in [0.1, 0.15) is 17.2 Å². The third-order valence-corrected chi connectivity index (χ3v) is 4.79. The molecule has 7 heteroatoms. The molecule has 0 amide bonds. The summed E-state index contributed by atoms with van der Waals surface area (Å²) in [7, 11) is 0. The van der Waals surface area contributed by atoms with Gasteiger partial charge in [-0.15, -0.1) is 0 Å². The molecule has 0 spiro atoms. The second kappa shape index (κ2) is 7.82. The smallest absolute Gasteiger partial charge is 0.344 e. The van der Waals surface area contributed by atoms with E-state index in [9.17, 15) is 10.1 Å². The Bertz CT molecular complexity index is 1240.